The van der Waals surface area contributed by atoms with Gasteiger partial charge in [-0.3, -0.25) is 9.59 Å². The van der Waals surface area contributed by atoms with Crippen LogP contribution in [0.5, 0.6) is 5.75 Å². The van der Waals surface area contributed by atoms with Gasteiger partial charge in [-0.1, -0.05) is 48.5 Å². The third kappa shape index (κ3) is 6.62. The second kappa shape index (κ2) is 12.1. The van der Waals surface area contributed by atoms with E-state index in [9.17, 15) is 22.8 Å². The van der Waals surface area contributed by atoms with Gasteiger partial charge < -0.3 is 19.6 Å². The van der Waals surface area contributed by atoms with Gasteiger partial charge in [0.15, 0.2) is 6.61 Å². The maximum absolute atomic E-state index is 13.5. The molecule has 39 heavy (non-hydrogen) atoms. The van der Waals surface area contributed by atoms with Crippen molar-refractivity contribution in [2.24, 2.45) is 0 Å². The third-order valence-corrected chi connectivity index (χ3v) is 8.16. The third-order valence-electron chi connectivity index (χ3n) is 6.36. The molecule has 1 aliphatic heterocycles. The molecule has 1 fully saturated rings. The van der Waals surface area contributed by atoms with Gasteiger partial charge in [-0.2, -0.15) is 4.31 Å². The van der Waals surface area contributed by atoms with E-state index in [1.54, 1.807) is 29.2 Å². The van der Waals surface area contributed by atoms with Gasteiger partial charge in [-0.05, 0) is 35.9 Å². The van der Waals surface area contributed by atoms with Crippen molar-refractivity contribution in [3.05, 3.63) is 95.6 Å². The van der Waals surface area contributed by atoms with Crippen molar-refractivity contribution >= 4 is 27.8 Å². The lowest BCUT2D eigenvalue weighted by Gasteiger charge is -2.35. The molecule has 0 aliphatic carbocycles. The minimum absolute atomic E-state index is 0.0325. The maximum Gasteiger partial charge on any atom is 0.341 e. The molecule has 0 radical (unpaired) electrons. The summed E-state index contributed by atoms with van der Waals surface area (Å²) in [5.74, 6) is -1.91. The van der Waals surface area contributed by atoms with Crippen molar-refractivity contribution in [3.8, 4) is 5.75 Å². The summed E-state index contributed by atoms with van der Waals surface area (Å²) < 4.78 is 33.2. The molecule has 1 saturated heterocycles. The van der Waals surface area contributed by atoms with Crippen molar-refractivity contribution in [2.75, 3.05) is 39.8 Å². The predicted molar refractivity (Wildman–Crippen MR) is 143 cm³/mol. The average Bonchev–Trinajstić information content (AvgIpc) is 2.96. The summed E-state index contributed by atoms with van der Waals surface area (Å²) in [6.45, 7) is 0.466. The SMILES string of the molecule is CN(Cc1ccccc1)S(=O)(=O)c1ccc(OCC(=O)O)c(C(=O)N2CCN(C(=O)c3ccccc3)CC2)c1. The number of piperazine rings is 1. The van der Waals surface area contributed by atoms with Crippen LogP contribution in [0, 0.1) is 0 Å². The van der Waals surface area contributed by atoms with Gasteiger partial charge in [0.25, 0.3) is 11.8 Å². The summed E-state index contributed by atoms with van der Waals surface area (Å²) in [7, 11) is -2.54. The van der Waals surface area contributed by atoms with E-state index < -0.39 is 28.5 Å². The number of carboxylic acid groups (broad SMARTS) is 1. The molecule has 0 unspecified atom stereocenters. The molecular formula is C28H29N3O7S. The molecule has 3 aromatic rings. The van der Waals surface area contributed by atoms with Gasteiger partial charge in [0.2, 0.25) is 10.0 Å². The molecule has 10 nitrogen and oxygen atoms in total. The molecule has 4 rings (SSSR count). The van der Waals surface area contributed by atoms with Gasteiger partial charge in [0, 0.05) is 45.3 Å². The van der Waals surface area contributed by atoms with E-state index in [0.29, 0.717) is 18.7 Å². The molecule has 0 atom stereocenters. The van der Waals surface area contributed by atoms with Crippen LogP contribution in [0.25, 0.3) is 0 Å². The molecule has 11 heteroatoms. The summed E-state index contributed by atoms with van der Waals surface area (Å²) in [4.78, 5) is 40.4. The summed E-state index contributed by atoms with van der Waals surface area (Å²) in [6.07, 6.45) is 0. The Hall–Kier alpha value is -4.22. The van der Waals surface area contributed by atoms with Gasteiger partial charge in [-0.25, -0.2) is 13.2 Å². The molecule has 2 amide bonds. The van der Waals surface area contributed by atoms with E-state index in [4.69, 9.17) is 9.84 Å². The van der Waals surface area contributed by atoms with Crippen molar-refractivity contribution in [3.63, 3.8) is 0 Å². The number of carbonyl (C=O) groups excluding carboxylic acids is 2. The summed E-state index contributed by atoms with van der Waals surface area (Å²) in [5, 5.41) is 9.06. The van der Waals surface area contributed by atoms with E-state index in [0.717, 1.165) is 5.56 Å². The highest BCUT2D eigenvalue weighted by Gasteiger charge is 2.29. The van der Waals surface area contributed by atoms with Crippen LogP contribution in [0.4, 0.5) is 0 Å². The number of amides is 2. The van der Waals surface area contributed by atoms with E-state index in [-0.39, 0.29) is 41.7 Å². The quantitative estimate of drug-likeness (QED) is 0.433. The lowest BCUT2D eigenvalue weighted by molar-refractivity contribution is -0.139. The fourth-order valence-electron chi connectivity index (χ4n) is 4.25. The van der Waals surface area contributed by atoms with Crippen LogP contribution in [0.1, 0.15) is 26.3 Å². The van der Waals surface area contributed by atoms with Crippen LogP contribution < -0.4 is 4.74 Å². The standard InChI is InChI=1S/C28H29N3O7S/c1-29(19-21-8-4-2-5-9-21)39(36,37)23-12-13-25(38-20-26(32)33)24(18-23)28(35)31-16-14-30(15-17-31)27(34)22-10-6-3-7-11-22/h2-13,18H,14-17,19-20H2,1H3,(H,32,33). The molecule has 0 aromatic heterocycles. The fraction of sp³-hybridized carbons (Fsp3) is 0.250. The lowest BCUT2D eigenvalue weighted by atomic mass is 10.1. The minimum Gasteiger partial charge on any atom is -0.481 e. The van der Waals surface area contributed by atoms with E-state index in [1.165, 1.54) is 34.5 Å². The maximum atomic E-state index is 13.5. The van der Waals surface area contributed by atoms with Gasteiger partial charge in [0.1, 0.15) is 5.75 Å². The van der Waals surface area contributed by atoms with Crippen LogP contribution in [0.3, 0.4) is 0 Å². The van der Waals surface area contributed by atoms with E-state index >= 15 is 0 Å². The Kier molecular flexibility index (Phi) is 8.62. The number of aliphatic carboxylic acids is 1. The lowest BCUT2D eigenvalue weighted by Crippen LogP contribution is -2.50. The van der Waals surface area contributed by atoms with Gasteiger partial charge >= 0.3 is 5.97 Å². The number of hydrogen-bond acceptors (Lipinski definition) is 6. The zero-order valence-corrected chi connectivity index (χ0v) is 22.2. The predicted octanol–water partition coefficient (Wildman–Crippen LogP) is 2.57. The molecule has 0 saturated carbocycles. The number of nitrogens with zero attached hydrogens (tertiary/aromatic N) is 3. The van der Waals surface area contributed by atoms with Crippen LogP contribution in [-0.2, 0) is 21.4 Å². The molecule has 0 spiro atoms. The Morgan fingerprint density at radius 2 is 1.41 bits per heavy atom. The summed E-state index contributed by atoms with van der Waals surface area (Å²) >= 11 is 0. The zero-order valence-electron chi connectivity index (χ0n) is 21.4. The van der Waals surface area contributed by atoms with E-state index in [1.807, 2.05) is 36.4 Å². The monoisotopic (exact) mass is 551 g/mol. The number of carbonyl (C=O) groups is 3. The highest BCUT2D eigenvalue weighted by molar-refractivity contribution is 7.89. The number of ether oxygens (including phenoxy) is 1. The first-order valence-corrected chi connectivity index (χ1v) is 13.7. The highest BCUT2D eigenvalue weighted by Crippen LogP contribution is 2.27. The van der Waals surface area contributed by atoms with E-state index in [2.05, 4.69) is 0 Å². The number of hydrogen-bond donors (Lipinski definition) is 1. The van der Waals surface area contributed by atoms with Crippen molar-refractivity contribution in [2.45, 2.75) is 11.4 Å². The molecule has 1 heterocycles. The topological polar surface area (TPSA) is 125 Å². The molecule has 1 aliphatic rings. The molecule has 0 bridgehead atoms. The number of carboxylic acids is 1. The molecule has 3 aromatic carbocycles. The number of rotatable bonds is 9. The highest BCUT2D eigenvalue weighted by atomic mass is 32.2. The number of sulfonamides is 1. The summed E-state index contributed by atoms with van der Waals surface area (Å²) in [6, 6.07) is 21.7. The van der Waals surface area contributed by atoms with Crippen LogP contribution >= 0.6 is 0 Å². The average molecular weight is 552 g/mol. The van der Waals surface area contributed by atoms with Gasteiger partial charge in [-0.15, -0.1) is 0 Å². The van der Waals surface area contributed by atoms with Crippen LogP contribution in [-0.4, -0.2) is 85.2 Å². The Balaban J connectivity index is 1.55. The number of benzene rings is 3. The molecular weight excluding hydrogens is 522 g/mol. The first kappa shape index (κ1) is 27.8. The van der Waals surface area contributed by atoms with Crippen molar-refractivity contribution in [1.82, 2.24) is 14.1 Å². The zero-order chi connectivity index (χ0) is 28.0. The smallest absolute Gasteiger partial charge is 0.341 e. The normalized spacial score (nSPS) is 13.8. The van der Waals surface area contributed by atoms with Crippen molar-refractivity contribution in [1.29, 1.82) is 0 Å². The fourth-order valence-corrected chi connectivity index (χ4v) is 5.44. The first-order chi connectivity index (χ1) is 18.7. The Morgan fingerprint density at radius 3 is 2.00 bits per heavy atom. The van der Waals surface area contributed by atoms with Crippen molar-refractivity contribution < 1.29 is 32.6 Å². The molecule has 1 N–H and O–H groups in total. The molecule has 204 valence electrons. The Bertz CT molecular complexity index is 1440. The second-order valence-corrected chi connectivity index (χ2v) is 11.1. The Labute approximate surface area is 227 Å². The van der Waals surface area contributed by atoms with Gasteiger partial charge in [0.05, 0.1) is 10.5 Å². The van der Waals surface area contributed by atoms with Crippen LogP contribution in [0.15, 0.2) is 83.8 Å². The minimum atomic E-state index is -3.98. The second-order valence-electron chi connectivity index (χ2n) is 9.04. The summed E-state index contributed by atoms with van der Waals surface area (Å²) in [5.41, 5.74) is 1.29. The Morgan fingerprint density at radius 1 is 0.846 bits per heavy atom. The van der Waals surface area contributed by atoms with Crippen LogP contribution in [0.2, 0.25) is 0 Å². The largest absolute Gasteiger partial charge is 0.481 e. The first-order valence-electron chi connectivity index (χ1n) is 12.3.